The van der Waals surface area contributed by atoms with Gasteiger partial charge >= 0.3 is 0 Å². The molecule has 0 aliphatic carbocycles. The first-order valence-electron chi connectivity index (χ1n) is 9.76. The van der Waals surface area contributed by atoms with E-state index in [0.29, 0.717) is 17.9 Å². The zero-order valence-corrected chi connectivity index (χ0v) is 18.8. The molecule has 27 heavy (non-hydrogen) atoms. The topological polar surface area (TPSA) is 65.1 Å². The van der Waals surface area contributed by atoms with E-state index in [4.69, 9.17) is 13.9 Å². The number of ether oxygens (including phenoxy) is 2. The molecule has 0 unspecified atom stereocenters. The molecule has 3 rings (SSSR count). The van der Waals surface area contributed by atoms with Crippen LogP contribution in [-0.4, -0.2) is 47.1 Å². The fourth-order valence-electron chi connectivity index (χ4n) is 3.26. The average Bonchev–Trinajstić information content (AvgIpc) is 3.36. The zero-order chi connectivity index (χ0) is 19.9. The van der Waals surface area contributed by atoms with Gasteiger partial charge in [-0.1, -0.05) is 39.0 Å². The van der Waals surface area contributed by atoms with E-state index in [1.807, 2.05) is 6.07 Å². The highest BCUT2D eigenvalue weighted by atomic mass is 32.2. The summed E-state index contributed by atoms with van der Waals surface area (Å²) in [6, 6.07) is 8.52. The summed E-state index contributed by atoms with van der Waals surface area (Å²) in [5, 5.41) is 0.129. The molecule has 0 amide bonds. The van der Waals surface area contributed by atoms with Gasteiger partial charge in [-0.2, -0.15) is 0 Å². The van der Waals surface area contributed by atoms with Gasteiger partial charge in [-0.15, -0.1) is 0 Å². The van der Waals surface area contributed by atoms with Gasteiger partial charge in [0.05, 0.1) is 17.1 Å². The molecule has 4 atom stereocenters. The lowest BCUT2D eigenvalue weighted by Gasteiger charge is -2.42. The number of sulfone groups is 1. The molecule has 0 bridgehead atoms. The van der Waals surface area contributed by atoms with Crippen molar-refractivity contribution < 1.29 is 22.3 Å². The van der Waals surface area contributed by atoms with Gasteiger partial charge in [0.2, 0.25) is 9.84 Å². The van der Waals surface area contributed by atoms with Crippen molar-refractivity contribution in [3.63, 3.8) is 0 Å². The summed E-state index contributed by atoms with van der Waals surface area (Å²) < 4.78 is 43.6. The molecule has 0 spiro atoms. The minimum atomic E-state index is -3.45. The molecule has 0 saturated carbocycles. The van der Waals surface area contributed by atoms with Crippen molar-refractivity contribution in [3.8, 4) is 0 Å². The molecule has 2 aliphatic heterocycles. The summed E-state index contributed by atoms with van der Waals surface area (Å²) in [5.41, 5.74) is -0.765. The number of hydrogen-bond donors (Lipinski definition) is 0. The largest absolute Gasteiger partial charge is 0.411 e. The fraction of sp³-hybridized carbons (Fsp3) is 0.700. The fourth-order valence-corrected chi connectivity index (χ4v) is 6.25. The lowest BCUT2D eigenvalue weighted by Crippen LogP contribution is -2.49. The third-order valence-corrected chi connectivity index (χ3v) is 12.5. The Morgan fingerprint density at radius 2 is 1.81 bits per heavy atom. The average molecular weight is 413 g/mol. The van der Waals surface area contributed by atoms with Crippen LogP contribution < -0.4 is 0 Å². The molecule has 2 fully saturated rings. The summed E-state index contributed by atoms with van der Waals surface area (Å²) in [6.07, 6.45) is 2.10. The van der Waals surface area contributed by atoms with E-state index in [-0.39, 0.29) is 23.4 Å². The van der Waals surface area contributed by atoms with Crippen molar-refractivity contribution in [2.24, 2.45) is 0 Å². The van der Waals surface area contributed by atoms with Gasteiger partial charge in [-0.3, -0.25) is 0 Å². The maximum Gasteiger partial charge on any atom is 0.207 e. The van der Waals surface area contributed by atoms with Crippen LogP contribution in [-0.2, 0) is 23.7 Å². The Hall–Kier alpha value is -0.733. The summed E-state index contributed by atoms with van der Waals surface area (Å²) in [5.74, 6) is 0. The van der Waals surface area contributed by atoms with Crippen molar-refractivity contribution in [2.75, 3.05) is 6.61 Å². The molecule has 2 aliphatic rings. The molecular weight excluding hydrogens is 380 g/mol. The van der Waals surface area contributed by atoms with Crippen LogP contribution in [0, 0.1) is 0 Å². The van der Waals surface area contributed by atoms with E-state index in [1.165, 1.54) is 0 Å². The van der Waals surface area contributed by atoms with Crippen LogP contribution >= 0.6 is 0 Å². The Bertz CT molecular complexity index is 741. The van der Waals surface area contributed by atoms with Gasteiger partial charge in [0.25, 0.3) is 0 Å². The Balaban J connectivity index is 1.65. The normalized spacial score (nSPS) is 29.5. The molecule has 2 saturated heterocycles. The maximum absolute atomic E-state index is 12.7. The van der Waals surface area contributed by atoms with E-state index >= 15 is 0 Å². The van der Waals surface area contributed by atoms with Crippen LogP contribution in [0.2, 0.25) is 18.1 Å². The summed E-state index contributed by atoms with van der Waals surface area (Å²) in [7, 11) is -5.36. The number of epoxide rings is 1. The predicted molar refractivity (Wildman–Crippen MR) is 108 cm³/mol. The molecule has 1 aromatic carbocycles. The highest BCUT2D eigenvalue weighted by Gasteiger charge is 2.52. The predicted octanol–water partition coefficient (Wildman–Crippen LogP) is 4.14. The van der Waals surface area contributed by atoms with Crippen molar-refractivity contribution in [1.82, 2.24) is 0 Å². The van der Waals surface area contributed by atoms with Gasteiger partial charge in [-0.05, 0) is 43.1 Å². The molecular formula is C20H32O5SSi. The summed E-state index contributed by atoms with van der Waals surface area (Å²) in [4.78, 5) is 0.316. The highest BCUT2D eigenvalue weighted by molar-refractivity contribution is 7.92. The molecule has 7 heteroatoms. The Kier molecular flexibility index (Phi) is 5.90. The minimum Gasteiger partial charge on any atom is -0.411 e. The molecule has 152 valence electrons. The lowest BCUT2D eigenvalue weighted by atomic mass is 10.0. The van der Waals surface area contributed by atoms with Gasteiger partial charge in [0.1, 0.15) is 6.10 Å². The van der Waals surface area contributed by atoms with Crippen molar-refractivity contribution in [2.45, 2.75) is 86.8 Å². The summed E-state index contributed by atoms with van der Waals surface area (Å²) >= 11 is 0. The maximum atomic E-state index is 12.7. The molecule has 5 nitrogen and oxygen atoms in total. The third-order valence-electron chi connectivity index (χ3n) is 6.01. The van der Waals surface area contributed by atoms with Gasteiger partial charge < -0.3 is 13.9 Å². The second-order valence-corrected chi connectivity index (χ2v) is 15.9. The standard InChI is InChI=1S/C20H32O5SSi/c1-20(2,3)27(4,5)25-16-12-9-13-23-17(16)14-18-19(24-18)26(21,22)15-10-7-6-8-11-15/h6-8,10-11,16-19H,9,12-14H2,1-5H3/t16-,17+,18+,19-/m0/s1. The van der Waals surface area contributed by atoms with Crippen LogP contribution in [0.25, 0.3) is 0 Å². The molecule has 1 aromatic rings. The second kappa shape index (κ2) is 7.59. The smallest absolute Gasteiger partial charge is 0.207 e. The van der Waals surface area contributed by atoms with Crippen molar-refractivity contribution in [1.29, 1.82) is 0 Å². The third kappa shape index (κ3) is 4.64. The first-order valence-corrected chi connectivity index (χ1v) is 14.2. The van der Waals surface area contributed by atoms with E-state index < -0.39 is 23.6 Å². The second-order valence-electron chi connectivity index (χ2n) is 9.10. The van der Waals surface area contributed by atoms with Gasteiger partial charge in [0.15, 0.2) is 13.8 Å². The zero-order valence-electron chi connectivity index (χ0n) is 17.0. The van der Waals surface area contributed by atoms with Crippen LogP contribution in [0.1, 0.15) is 40.0 Å². The first kappa shape index (κ1) is 21.0. The number of rotatable bonds is 6. The lowest BCUT2D eigenvalue weighted by molar-refractivity contribution is -0.0732. The van der Waals surface area contributed by atoms with E-state index in [1.54, 1.807) is 24.3 Å². The van der Waals surface area contributed by atoms with Crippen LogP contribution in [0.5, 0.6) is 0 Å². The molecule has 0 N–H and O–H groups in total. The van der Waals surface area contributed by atoms with E-state index in [2.05, 4.69) is 33.9 Å². The monoisotopic (exact) mass is 412 g/mol. The Morgan fingerprint density at radius 3 is 2.44 bits per heavy atom. The van der Waals surface area contributed by atoms with Crippen molar-refractivity contribution in [3.05, 3.63) is 30.3 Å². The highest BCUT2D eigenvalue weighted by Crippen LogP contribution is 2.41. The molecule has 0 radical (unpaired) electrons. The Labute approximate surface area is 164 Å². The van der Waals surface area contributed by atoms with Crippen LogP contribution in [0.3, 0.4) is 0 Å². The van der Waals surface area contributed by atoms with Crippen molar-refractivity contribution >= 4 is 18.2 Å². The van der Waals surface area contributed by atoms with Crippen LogP contribution in [0.15, 0.2) is 35.2 Å². The molecule has 0 aromatic heterocycles. The van der Waals surface area contributed by atoms with Gasteiger partial charge in [0, 0.05) is 13.0 Å². The van der Waals surface area contributed by atoms with E-state index in [0.717, 1.165) is 12.8 Å². The minimum absolute atomic E-state index is 0.0175. The number of hydrogen-bond acceptors (Lipinski definition) is 5. The first-order chi connectivity index (χ1) is 12.5. The Morgan fingerprint density at radius 1 is 1.15 bits per heavy atom. The summed E-state index contributed by atoms with van der Waals surface area (Å²) in [6.45, 7) is 11.9. The van der Waals surface area contributed by atoms with Gasteiger partial charge in [-0.25, -0.2) is 8.42 Å². The molecule has 2 heterocycles. The SMILES string of the molecule is CC(C)(C)[Si](C)(C)O[C@H]1CCCO[C@@H]1C[C@H]1O[C@H]1S(=O)(=O)c1ccccc1. The number of benzene rings is 1. The van der Waals surface area contributed by atoms with E-state index in [9.17, 15) is 8.42 Å². The quantitative estimate of drug-likeness (QED) is 0.519. The van der Waals surface area contributed by atoms with Crippen LogP contribution in [0.4, 0.5) is 0 Å².